The normalized spacial score (nSPS) is 10.7. The van der Waals surface area contributed by atoms with E-state index in [-0.39, 0.29) is 0 Å². The van der Waals surface area contributed by atoms with Crippen LogP contribution < -0.4 is 5.32 Å². The second-order valence-corrected chi connectivity index (χ2v) is 4.10. The molecule has 2 rings (SSSR count). The molecule has 0 saturated heterocycles. The number of nitrogens with zero attached hydrogens (tertiary/aromatic N) is 4. The second kappa shape index (κ2) is 5.16. The average Bonchev–Trinajstić information content (AvgIpc) is 2.87. The lowest BCUT2D eigenvalue weighted by atomic mass is 10.1. The smallest absolute Gasteiger partial charge is 0.133 e. The highest BCUT2D eigenvalue weighted by Crippen LogP contribution is 2.25. The number of aromatic nitrogens is 4. The van der Waals surface area contributed by atoms with Crippen LogP contribution in [0.5, 0.6) is 0 Å². The van der Waals surface area contributed by atoms with Gasteiger partial charge in [0, 0.05) is 31.8 Å². The quantitative estimate of drug-likeness (QED) is 0.897. The molecule has 0 aliphatic heterocycles. The van der Waals surface area contributed by atoms with Crippen molar-refractivity contribution >= 4 is 5.82 Å². The van der Waals surface area contributed by atoms with Gasteiger partial charge < -0.3 is 5.32 Å². The standard InChI is InChI=1S/C13H19N5/c1-5-11-16-12(9(3)13(14-4)17-11)10-7-8-15-18(10)6-2/h7-8H,5-6H2,1-4H3,(H,14,16,17). The summed E-state index contributed by atoms with van der Waals surface area (Å²) in [7, 11) is 1.88. The van der Waals surface area contributed by atoms with E-state index < -0.39 is 0 Å². The number of hydrogen-bond acceptors (Lipinski definition) is 4. The van der Waals surface area contributed by atoms with Crippen LogP contribution in [0.15, 0.2) is 12.3 Å². The summed E-state index contributed by atoms with van der Waals surface area (Å²) < 4.78 is 1.95. The molecule has 0 bridgehead atoms. The van der Waals surface area contributed by atoms with Gasteiger partial charge in [-0.2, -0.15) is 5.10 Å². The van der Waals surface area contributed by atoms with Gasteiger partial charge >= 0.3 is 0 Å². The number of hydrogen-bond donors (Lipinski definition) is 1. The third-order valence-corrected chi connectivity index (χ3v) is 3.00. The van der Waals surface area contributed by atoms with E-state index in [0.717, 1.165) is 41.6 Å². The fraction of sp³-hybridized carbons (Fsp3) is 0.462. The molecule has 5 nitrogen and oxygen atoms in total. The zero-order valence-electron chi connectivity index (χ0n) is 11.4. The highest BCUT2D eigenvalue weighted by atomic mass is 15.3. The lowest BCUT2D eigenvalue weighted by molar-refractivity contribution is 0.664. The second-order valence-electron chi connectivity index (χ2n) is 4.10. The van der Waals surface area contributed by atoms with Crippen LogP contribution in [0.2, 0.25) is 0 Å². The van der Waals surface area contributed by atoms with Crippen LogP contribution in [0, 0.1) is 6.92 Å². The van der Waals surface area contributed by atoms with Gasteiger partial charge in [-0.15, -0.1) is 0 Å². The first-order chi connectivity index (χ1) is 8.71. The minimum absolute atomic E-state index is 0.822. The zero-order valence-corrected chi connectivity index (χ0v) is 11.4. The third-order valence-electron chi connectivity index (χ3n) is 3.00. The molecule has 0 aromatic carbocycles. The molecule has 0 unspecified atom stereocenters. The molecular formula is C13H19N5. The Balaban J connectivity index is 2.62. The molecule has 96 valence electrons. The van der Waals surface area contributed by atoms with Crippen molar-refractivity contribution in [2.45, 2.75) is 33.7 Å². The number of aryl methyl sites for hydroxylation is 2. The Kier molecular flexibility index (Phi) is 3.60. The molecule has 0 spiro atoms. The van der Waals surface area contributed by atoms with Gasteiger partial charge in [0.15, 0.2) is 0 Å². The van der Waals surface area contributed by atoms with Gasteiger partial charge in [-0.05, 0) is 19.9 Å². The van der Waals surface area contributed by atoms with Gasteiger partial charge in [0.05, 0.1) is 11.4 Å². The van der Waals surface area contributed by atoms with Crippen molar-refractivity contribution < 1.29 is 0 Å². The molecule has 2 aromatic heterocycles. The Morgan fingerprint density at radius 1 is 1.28 bits per heavy atom. The van der Waals surface area contributed by atoms with Crippen LogP contribution in [0.3, 0.4) is 0 Å². The van der Waals surface area contributed by atoms with E-state index in [1.165, 1.54) is 0 Å². The van der Waals surface area contributed by atoms with Gasteiger partial charge in [-0.3, -0.25) is 4.68 Å². The van der Waals surface area contributed by atoms with Crippen molar-refractivity contribution in [2.24, 2.45) is 0 Å². The molecule has 0 atom stereocenters. The van der Waals surface area contributed by atoms with Crippen molar-refractivity contribution in [3.8, 4) is 11.4 Å². The van der Waals surface area contributed by atoms with Crippen molar-refractivity contribution in [1.29, 1.82) is 0 Å². The Hall–Kier alpha value is -1.91. The van der Waals surface area contributed by atoms with Crippen LogP contribution in [-0.4, -0.2) is 26.8 Å². The molecule has 0 radical (unpaired) electrons. The Morgan fingerprint density at radius 2 is 2.06 bits per heavy atom. The van der Waals surface area contributed by atoms with E-state index in [9.17, 15) is 0 Å². The summed E-state index contributed by atoms with van der Waals surface area (Å²) >= 11 is 0. The average molecular weight is 245 g/mol. The first-order valence-corrected chi connectivity index (χ1v) is 6.28. The van der Waals surface area contributed by atoms with Crippen LogP contribution in [0.1, 0.15) is 25.2 Å². The molecule has 2 heterocycles. The number of rotatable bonds is 4. The first-order valence-electron chi connectivity index (χ1n) is 6.28. The highest BCUT2D eigenvalue weighted by molar-refractivity contribution is 5.65. The maximum Gasteiger partial charge on any atom is 0.133 e. The molecule has 0 aliphatic rings. The lowest BCUT2D eigenvalue weighted by Gasteiger charge is -2.12. The minimum atomic E-state index is 0.822. The van der Waals surface area contributed by atoms with Crippen molar-refractivity contribution in [1.82, 2.24) is 19.7 Å². The van der Waals surface area contributed by atoms with Crippen molar-refractivity contribution in [2.75, 3.05) is 12.4 Å². The molecule has 18 heavy (non-hydrogen) atoms. The number of nitrogens with one attached hydrogen (secondary N) is 1. The summed E-state index contributed by atoms with van der Waals surface area (Å²) in [4.78, 5) is 9.12. The molecule has 5 heteroatoms. The van der Waals surface area contributed by atoms with E-state index in [0.29, 0.717) is 0 Å². The van der Waals surface area contributed by atoms with E-state index in [1.807, 2.05) is 30.9 Å². The van der Waals surface area contributed by atoms with Gasteiger partial charge in [0.25, 0.3) is 0 Å². The maximum atomic E-state index is 4.64. The van der Waals surface area contributed by atoms with Gasteiger partial charge in [-0.1, -0.05) is 6.92 Å². The Labute approximate surface area is 107 Å². The third kappa shape index (κ3) is 2.08. The van der Waals surface area contributed by atoms with Gasteiger partial charge in [0.2, 0.25) is 0 Å². The van der Waals surface area contributed by atoms with Crippen molar-refractivity contribution in [3.63, 3.8) is 0 Å². The van der Waals surface area contributed by atoms with Gasteiger partial charge in [-0.25, -0.2) is 9.97 Å². The van der Waals surface area contributed by atoms with Crippen LogP contribution in [-0.2, 0) is 13.0 Å². The Bertz CT molecular complexity index is 544. The molecule has 1 N–H and O–H groups in total. The summed E-state index contributed by atoms with van der Waals surface area (Å²) in [6, 6.07) is 2.00. The summed E-state index contributed by atoms with van der Waals surface area (Å²) in [6.45, 7) is 7.01. The summed E-state index contributed by atoms with van der Waals surface area (Å²) in [5.74, 6) is 1.74. The summed E-state index contributed by atoms with van der Waals surface area (Å²) in [5.41, 5.74) is 3.07. The van der Waals surface area contributed by atoms with E-state index in [2.05, 4.69) is 34.2 Å². The molecule has 2 aromatic rings. The van der Waals surface area contributed by atoms with E-state index in [4.69, 9.17) is 0 Å². The highest BCUT2D eigenvalue weighted by Gasteiger charge is 2.14. The fourth-order valence-electron chi connectivity index (χ4n) is 2.00. The van der Waals surface area contributed by atoms with Crippen LogP contribution >= 0.6 is 0 Å². The predicted molar refractivity (Wildman–Crippen MR) is 72.6 cm³/mol. The molecule has 0 saturated carbocycles. The predicted octanol–water partition coefficient (Wildman–Crippen LogP) is 2.27. The SMILES string of the molecule is CCc1nc(NC)c(C)c(-c2ccnn2CC)n1. The summed E-state index contributed by atoms with van der Waals surface area (Å²) in [5, 5.41) is 7.43. The Morgan fingerprint density at radius 3 is 2.67 bits per heavy atom. The monoisotopic (exact) mass is 245 g/mol. The van der Waals surface area contributed by atoms with E-state index in [1.54, 1.807) is 0 Å². The van der Waals surface area contributed by atoms with E-state index >= 15 is 0 Å². The minimum Gasteiger partial charge on any atom is -0.373 e. The molecular weight excluding hydrogens is 226 g/mol. The first kappa shape index (κ1) is 12.5. The lowest BCUT2D eigenvalue weighted by Crippen LogP contribution is -2.07. The van der Waals surface area contributed by atoms with Crippen LogP contribution in [0.4, 0.5) is 5.82 Å². The van der Waals surface area contributed by atoms with Crippen LogP contribution in [0.25, 0.3) is 11.4 Å². The number of anilines is 1. The maximum absolute atomic E-state index is 4.64. The largest absolute Gasteiger partial charge is 0.373 e. The fourth-order valence-corrected chi connectivity index (χ4v) is 2.00. The summed E-state index contributed by atoms with van der Waals surface area (Å²) in [6.07, 6.45) is 2.63. The van der Waals surface area contributed by atoms with Crippen molar-refractivity contribution in [3.05, 3.63) is 23.7 Å². The topological polar surface area (TPSA) is 55.6 Å². The molecule has 0 amide bonds. The molecule has 0 aliphatic carbocycles. The molecule has 0 fully saturated rings. The zero-order chi connectivity index (χ0) is 13.1. The van der Waals surface area contributed by atoms with Gasteiger partial charge in [0.1, 0.15) is 11.6 Å².